The van der Waals surface area contributed by atoms with Crippen LogP contribution in [0.15, 0.2) is 22.7 Å². The first-order valence-corrected chi connectivity index (χ1v) is 5.68. The summed E-state index contributed by atoms with van der Waals surface area (Å²) in [6, 6.07) is 5.39. The van der Waals surface area contributed by atoms with Gasteiger partial charge in [-0.1, -0.05) is 15.9 Å². The van der Waals surface area contributed by atoms with E-state index < -0.39 is 0 Å². The molecule has 0 fully saturated rings. The Morgan fingerprint density at radius 1 is 1.50 bits per heavy atom. The van der Waals surface area contributed by atoms with Crippen LogP contribution in [0.4, 0.5) is 5.69 Å². The number of halogens is 1. The largest absolute Gasteiger partial charge is 0.491 e. The third-order valence-electron chi connectivity index (χ3n) is 2.04. The molecule has 0 aliphatic heterocycles. The van der Waals surface area contributed by atoms with E-state index in [4.69, 9.17) is 10.5 Å². The topological polar surface area (TPSA) is 55.6 Å². The van der Waals surface area contributed by atoms with Crippen LogP contribution in [0.1, 0.15) is 6.42 Å². The molecule has 0 aliphatic carbocycles. The predicted octanol–water partition coefficient (Wildman–Crippen LogP) is 1.89. The van der Waals surface area contributed by atoms with Crippen LogP contribution in [0, 0.1) is 0 Å². The van der Waals surface area contributed by atoms with Crippen LogP contribution in [0.25, 0.3) is 0 Å². The number of hydrogen-bond donors (Lipinski definition) is 1. The van der Waals surface area contributed by atoms with Crippen molar-refractivity contribution in [1.29, 1.82) is 0 Å². The number of anilines is 1. The minimum atomic E-state index is 0.0377. The maximum absolute atomic E-state index is 11.3. The summed E-state index contributed by atoms with van der Waals surface area (Å²) in [6.07, 6.45) is 0.350. The van der Waals surface area contributed by atoms with Crippen molar-refractivity contribution in [2.75, 3.05) is 26.4 Å². The molecule has 0 radical (unpaired) electrons. The van der Waals surface area contributed by atoms with E-state index >= 15 is 0 Å². The summed E-state index contributed by atoms with van der Waals surface area (Å²) >= 11 is 3.31. The SMILES string of the molecule is CN(C)C(=O)CCOc1ccc(Br)cc1N. The van der Waals surface area contributed by atoms with Crippen LogP contribution in [0.5, 0.6) is 5.75 Å². The van der Waals surface area contributed by atoms with Crippen molar-refractivity contribution in [2.24, 2.45) is 0 Å². The van der Waals surface area contributed by atoms with Gasteiger partial charge in [-0.25, -0.2) is 0 Å². The first-order valence-electron chi connectivity index (χ1n) is 4.88. The molecule has 0 bridgehead atoms. The van der Waals surface area contributed by atoms with Gasteiger partial charge in [0.05, 0.1) is 18.7 Å². The normalized spacial score (nSPS) is 9.94. The summed E-state index contributed by atoms with van der Waals surface area (Å²) < 4.78 is 6.32. The molecule has 1 rings (SSSR count). The predicted molar refractivity (Wildman–Crippen MR) is 67.4 cm³/mol. The van der Waals surface area contributed by atoms with E-state index in [0.717, 1.165) is 4.47 Å². The Kier molecular flexibility index (Phi) is 4.61. The molecule has 0 atom stereocenters. The molecule has 0 heterocycles. The van der Waals surface area contributed by atoms with Crippen LogP contribution in [0.2, 0.25) is 0 Å². The fourth-order valence-corrected chi connectivity index (χ4v) is 1.50. The van der Waals surface area contributed by atoms with Crippen LogP contribution in [-0.2, 0) is 4.79 Å². The summed E-state index contributed by atoms with van der Waals surface area (Å²) in [5.74, 6) is 0.644. The van der Waals surface area contributed by atoms with E-state index in [1.165, 1.54) is 4.90 Å². The lowest BCUT2D eigenvalue weighted by Gasteiger charge is -2.12. The maximum Gasteiger partial charge on any atom is 0.225 e. The highest BCUT2D eigenvalue weighted by molar-refractivity contribution is 9.10. The van der Waals surface area contributed by atoms with Gasteiger partial charge in [0.2, 0.25) is 5.91 Å². The molecule has 0 aliphatic rings. The molecule has 5 heteroatoms. The van der Waals surface area contributed by atoms with E-state index in [-0.39, 0.29) is 5.91 Å². The minimum absolute atomic E-state index is 0.0377. The first kappa shape index (κ1) is 12.8. The number of benzene rings is 1. The van der Waals surface area contributed by atoms with Gasteiger partial charge >= 0.3 is 0 Å². The molecule has 0 saturated carbocycles. The number of hydrogen-bond acceptors (Lipinski definition) is 3. The molecule has 4 nitrogen and oxygen atoms in total. The molecule has 0 unspecified atom stereocenters. The standard InChI is InChI=1S/C11H15BrN2O2/c1-14(2)11(15)5-6-16-10-4-3-8(12)7-9(10)13/h3-4,7H,5-6,13H2,1-2H3. The van der Waals surface area contributed by atoms with Crippen molar-refractivity contribution in [3.8, 4) is 5.75 Å². The third kappa shape index (κ3) is 3.73. The molecule has 88 valence electrons. The van der Waals surface area contributed by atoms with Gasteiger partial charge in [-0.05, 0) is 18.2 Å². The van der Waals surface area contributed by atoms with Crippen LogP contribution >= 0.6 is 15.9 Å². The van der Waals surface area contributed by atoms with Crippen molar-refractivity contribution in [1.82, 2.24) is 4.90 Å². The highest BCUT2D eigenvalue weighted by atomic mass is 79.9. The highest BCUT2D eigenvalue weighted by Crippen LogP contribution is 2.25. The van der Waals surface area contributed by atoms with Crippen molar-refractivity contribution >= 4 is 27.5 Å². The number of carbonyl (C=O) groups is 1. The van der Waals surface area contributed by atoms with Crippen molar-refractivity contribution < 1.29 is 9.53 Å². The average molecular weight is 287 g/mol. The molecule has 1 aromatic rings. The summed E-state index contributed by atoms with van der Waals surface area (Å²) in [7, 11) is 3.44. The number of nitrogens with zero attached hydrogens (tertiary/aromatic N) is 1. The molecule has 1 aromatic carbocycles. The molecule has 0 aromatic heterocycles. The summed E-state index contributed by atoms with van der Waals surface area (Å²) in [5, 5.41) is 0. The lowest BCUT2D eigenvalue weighted by atomic mass is 10.3. The minimum Gasteiger partial charge on any atom is -0.491 e. The Hall–Kier alpha value is -1.23. The van der Waals surface area contributed by atoms with Gasteiger partial charge < -0.3 is 15.4 Å². The molecule has 0 spiro atoms. The second-order valence-corrected chi connectivity index (χ2v) is 4.48. The van der Waals surface area contributed by atoms with Gasteiger partial charge in [0, 0.05) is 18.6 Å². The van der Waals surface area contributed by atoms with E-state index in [2.05, 4.69) is 15.9 Å². The average Bonchev–Trinajstić information content (AvgIpc) is 2.20. The smallest absolute Gasteiger partial charge is 0.225 e. The quantitative estimate of drug-likeness (QED) is 0.860. The van der Waals surface area contributed by atoms with Gasteiger partial charge in [0.15, 0.2) is 0 Å². The van der Waals surface area contributed by atoms with E-state index in [0.29, 0.717) is 24.5 Å². The van der Waals surface area contributed by atoms with Crippen LogP contribution < -0.4 is 10.5 Å². The number of ether oxygens (including phenoxy) is 1. The zero-order valence-electron chi connectivity index (χ0n) is 9.37. The summed E-state index contributed by atoms with van der Waals surface area (Å²) in [5.41, 5.74) is 6.31. The van der Waals surface area contributed by atoms with E-state index in [9.17, 15) is 4.79 Å². The second-order valence-electron chi connectivity index (χ2n) is 3.57. The zero-order valence-corrected chi connectivity index (χ0v) is 11.0. The molecule has 1 amide bonds. The lowest BCUT2D eigenvalue weighted by Crippen LogP contribution is -2.23. The third-order valence-corrected chi connectivity index (χ3v) is 2.54. The summed E-state index contributed by atoms with van der Waals surface area (Å²) in [4.78, 5) is 12.8. The van der Waals surface area contributed by atoms with Crippen LogP contribution in [-0.4, -0.2) is 31.5 Å². The monoisotopic (exact) mass is 286 g/mol. The maximum atomic E-state index is 11.3. The Bertz CT molecular complexity index is 380. The molecular formula is C11H15BrN2O2. The van der Waals surface area contributed by atoms with Gasteiger partial charge in [-0.2, -0.15) is 0 Å². The summed E-state index contributed by atoms with van der Waals surface area (Å²) in [6.45, 7) is 0.336. The Labute approximate surface area is 103 Å². The van der Waals surface area contributed by atoms with E-state index in [1.807, 2.05) is 6.07 Å². The zero-order chi connectivity index (χ0) is 12.1. The number of nitrogen functional groups attached to an aromatic ring is 1. The van der Waals surface area contributed by atoms with Crippen molar-refractivity contribution in [3.05, 3.63) is 22.7 Å². The molecule has 2 N–H and O–H groups in total. The fourth-order valence-electron chi connectivity index (χ4n) is 1.12. The highest BCUT2D eigenvalue weighted by Gasteiger charge is 2.05. The molecule has 0 saturated heterocycles. The Morgan fingerprint density at radius 3 is 2.75 bits per heavy atom. The lowest BCUT2D eigenvalue weighted by molar-refractivity contribution is -0.129. The van der Waals surface area contributed by atoms with Gasteiger partial charge in [-0.3, -0.25) is 4.79 Å². The van der Waals surface area contributed by atoms with Gasteiger partial charge in [0.25, 0.3) is 0 Å². The van der Waals surface area contributed by atoms with E-state index in [1.54, 1.807) is 26.2 Å². The second kappa shape index (κ2) is 5.75. The Morgan fingerprint density at radius 2 is 2.19 bits per heavy atom. The number of carbonyl (C=O) groups excluding carboxylic acids is 1. The number of amides is 1. The molecule has 16 heavy (non-hydrogen) atoms. The fraction of sp³-hybridized carbons (Fsp3) is 0.364. The van der Waals surface area contributed by atoms with Crippen LogP contribution in [0.3, 0.4) is 0 Å². The van der Waals surface area contributed by atoms with Gasteiger partial charge in [0.1, 0.15) is 5.75 Å². The van der Waals surface area contributed by atoms with Crippen molar-refractivity contribution in [3.63, 3.8) is 0 Å². The van der Waals surface area contributed by atoms with Gasteiger partial charge in [-0.15, -0.1) is 0 Å². The number of rotatable bonds is 4. The first-order chi connectivity index (χ1) is 7.50. The number of nitrogens with two attached hydrogens (primary N) is 1. The Balaban J connectivity index is 2.46. The van der Waals surface area contributed by atoms with Crippen molar-refractivity contribution in [2.45, 2.75) is 6.42 Å². The molecular weight excluding hydrogens is 272 g/mol.